The highest BCUT2D eigenvalue weighted by atomic mass is 14.9. The van der Waals surface area contributed by atoms with Gasteiger partial charge >= 0.3 is 0 Å². The molecule has 1 aliphatic rings. The number of hydrogen-bond donors (Lipinski definition) is 0. The molecule has 0 saturated heterocycles. The summed E-state index contributed by atoms with van der Waals surface area (Å²) in [7, 11) is 0. The zero-order valence-corrected chi connectivity index (χ0v) is 30.7. The average molecular weight is 714 g/mol. The molecular formula is C53H35N3. The first kappa shape index (κ1) is 33.2. The van der Waals surface area contributed by atoms with Crippen LogP contribution in [0.3, 0.4) is 0 Å². The standard InChI is InChI=1S/C53H35N3/c1-4-18-46-37(10-1)13-7-14-39(46)25-22-36-23-26-41(27-24-36)51-33-52(42-30-28-40(29-31-42)50-35-54-34-45-12-3-6-20-49(45)50)56-53(55-51)44-17-8-16-43(32-44)48-21-9-15-38-11-2-5-19-47(38)48/h1-6,8-12,14-21,23-24,26-35H,7,13H2. The average Bonchev–Trinajstić information content (AvgIpc) is 3.28. The lowest BCUT2D eigenvalue weighted by molar-refractivity contribution is 0.981. The maximum Gasteiger partial charge on any atom is 0.160 e. The van der Waals surface area contributed by atoms with E-state index in [2.05, 4.69) is 187 Å². The third-order valence-corrected chi connectivity index (χ3v) is 10.7. The van der Waals surface area contributed by atoms with Crippen LogP contribution in [0.5, 0.6) is 0 Å². The Labute approximate surface area is 326 Å². The van der Waals surface area contributed by atoms with Gasteiger partial charge in [-0.15, -0.1) is 0 Å². The van der Waals surface area contributed by atoms with Crippen LogP contribution in [0, 0.1) is 11.8 Å². The molecule has 0 atom stereocenters. The summed E-state index contributed by atoms with van der Waals surface area (Å²) in [6.07, 6.45) is 8.21. The third kappa shape index (κ3) is 6.44. The van der Waals surface area contributed by atoms with Crippen molar-refractivity contribution in [2.75, 3.05) is 0 Å². The molecule has 0 amide bonds. The van der Waals surface area contributed by atoms with Gasteiger partial charge in [0.05, 0.1) is 11.4 Å². The zero-order valence-electron chi connectivity index (χ0n) is 30.7. The molecule has 7 aromatic carbocycles. The number of allylic oxidation sites excluding steroid dienone is 2. The van der Waals surface area contributed by atoms with Crippen molar-refractivity contribution in [1.29, 1.82) is 0 Å². The highest BCUT2D eigenvalue weighted by molar-refractivity contribution is 5.98. The van der Waals surface area contributed by atoms with Crippen molar-refractivity contribution in [2.45, 2.75) is 12.8 Å². The molecule has 0 radical (unpaired) electrons. The number of nitrogens with zero attached hydrogens (tertiary/aromatic N) is 3. The lowest BCUT2D eigenvalue weighted by Gasteiger charge is -2.13. The second kappa shape index (κ2) is 14.4. The predicted molar refractivity (Wildman–Crippen MR) is 232 cm³/mol. The molecule has 0 spiro atoms. The van der Waals surface area contributed by atoms with Crippen molar-refractivity contribution in [3.8, 4) is 68.0 Å². The summed E-state index contributed by atoms with van der Waals surface area (Å²) in [6, 6.07) is 59.7. The maximum absolute atomic E-state index is 5.21. The fourth-order valence-electron chi connectivity index (χ4n) is 7.81. The first-order chi connectivity index (χ1) is 27.7. The summed E-state index contributed by atoms with van der Waals surface area (Å²) in [5.41, 5.74) is 13.9. The second-order valence-electron chi connectivity index (χ2n) is 14.2. The Morgan fingerprint density at radius 1 is 0.429 bits per heavy atom. The Kier molecular flexibility index (Phi) is 8.55. The van der Waals surface area contributed by atoms with Gasteiger partial charge in [0.1, 0.15) is 0 Å². The summed E-state index contributed by atoms with van der Waals surface area (Å²) >= 11 is 0. The molecule has 56 heavy (non-hydrogen) atoms. The van der Waals surface area contributed by atoms with E-state index in [1.807, 2.05) is 18.5 Å². The molecule has 0 bridgehead atoms. The fraction of sp³-hybridized carbons (Fsp3) is 0.0377. The molecular weight excluding hydrogens is 679 g/mol. The molecule has 262 valence electrons. The Hall–Kier alpha value is -7.41. The Bertz CT molecular complexity index is 3010. The highest BCUT2D eigenvalue weighted by Crippen LogP contribution is 2.34. The minimum atomic E-state index is 0.675. The number of fused-ring (bicyclic) bond motifs is 3. The summed E-state index contributed by atoms with van der Waals surface area (Å²) in [5, 5.41) is 4.74. The van der Waals surface area contributed by atoms with Crippen molar-refractivity contribution >= 4 is 27.1 Å². The van der Waals surface area contributed by atoms with Gasteiger partial charge in [-0.1, -0.05) is 164 Å². The second-order valence-corrected chi connectivity index (χ2v) is 14.2. The van der Waals surface area contributed by atoms with Gasteiger partial charge in [0.15, 0.2) is 5.82 Å². The molecule has 0 saturated carbocycles. The zero-order chi connectivity index (χ0) is 37.3. The van der Waals surface area contributed by atoms with Crippen LogP contribution in [0.2, 0.25) is 0 Å². The van der Waals surface area contributed by atoms with Crippen LogP contribution in [0.15, 0.2) is 188 Å². The van der Waals surface area contributed by atoms with Crippen molar-refractivity contribution in [3.63, 3.8) is 0 Å². The smallest absolute Gasteiger partial charge is 0.160 e. The van der Waals surface area contributed by atoms with Crippen molar-refractivity contribution in [1.82, 2.24) is 15.0 Å². The molecule has 3 nitrogen and oxygen atoms in total. The van der Waals surface area contributed by atoms with Gasteiger partial charge in [-0.3, -0.25) is 4.98 Å². The molecule has 10 rings (SSSR count). The molecule has 9 aromatic rings. The normalized spacial score (nSPS) is 12.1. The molecule has 3 heteroatoms. The first-order valence-corrected chi connectivity index (χ1v) is 19.1. The topological polar surface area (TPSA) is 38.7 Å². The molecule has 2 aromatic heterocycles. The molecule has 0 N–H and O–H groups in total. The van der Waals surface area contributed by atoms with Crippen LogP contribution in [0.25, 0.3) is 83.3 Å². The number of hydrogen-bond acceptors (Lipinski definition) is 3. The van der Waals surface area contributed by atoms with Gasteiger partial charge in [0, 0.05) is 51.2 Å². The summed E-state index contributed by atoms with van der Waals surface area (Å²) in [4.78, 5) is 14.9. The third-order valence-electron chi connectivity index (χ3n) is 10.7. The van der Waals surface area contributed by atoms with Gasteiger partial charge < -0.3 is 0 Å². The van der Waals surface area contributed by atoms with Crippen LogP contribution in [-0.2, 0) is 6.42 Å². The van der Waals surface area contributed by atoms with E-state index in [9.17, 15) is 0 Å². The number of pyridine rings is 1. The van der Waals surface area contributed by atoms with Crippen molar-refractivity contribution in [2.24, 2.45) is 0 Å². The SMILES string of the molecule is C(#Cc1ccc(-c2cc(-c3ccc(-c4cncc5ccccc45)cc3)nc(-c3cccc(-c4cccc5ccccc45)c3)n2)cc1)C1=CCCc2ccccc21. The largest absolute Gasteiger partial charge is 0.263 e. The van der Waals surface area contributed by atoms with Gasteiger partial charge in [0.25, 0.3) is 0 Å². The van der Waals surface area contributed by atoms with E-state index in [4.69, 9.17) is 9.97 Å². The van der Waals surface area contributed by atoms with Gasteiger partial charge in [-0.2, -0.15) is 0 Å². The van der Waals surface area contributed by atoms with E-state index < -0.39 is 0 Å². The van der Waals surface area contributed by atoms with Crippen molar-refractivity contribution in [3.05, 3.63) is 205 Å². The lowest BCUT2D eigenvalue weighted by Crippen LogP contribution is -1.97. The Morgan fingerprint density at radius 3 is 1.88 bits per heavy atom. The first-order valence-electron chi connectivity index (χ1n) is 19.1. The van der Waals surface area contributed by atoms with Crippen molar-refractivity contribution < 1.29 is 0 Å². The van der Waals surface area contributed by atoms with E-state index in [-0.39, 0.29) is 0 Å². The van der Waals surface area contributed by atoms with Gasteiger partial charge in [0.2, 0.25) is 0 Å². The van der Waals surface area contributed by atoms with Crippen LogP contribution in [-0.4, -0.2) is 15.0 Å². The van der Waals surface area contributed by atoms with Crippen LogP contribution >= 0.6 is 0 Å². The number of aromatic nitrogens is 3. The summed E-state index contributed by atoms with van der Waals surface area (Å²) in [5.74, 6) is 7.54. The van der Waals surface area contributed by atoms with E-state index in [1.54, 1.807) is 0 Å². The predicted octanol–water partition coefficient (Wildman–Crippen LogP) is 12.9. The monoisotopic (exact) mass is 713 g/mol. The van der Waals surface area contributed by atoms with Crippen LogP contribution < -0.4 is 0 Å². The lowest BCUT2D eigenvalue weighted by atomic mass is 9.91. The van der Waals surface area contributed by atoms with E-state index >= 15 is 0 Å². The maximum atomic E-state index is 5.21. The molecule has 0 aliphatic heterocycles. The van der Waals surface area contributed by atoms with Crippen LogP contribution in [0.1, 0.15) is 23.1 Å². The molecule has 1 aliphatic carbocycles. The van der Waals surface area contributed by atoms with Crippen LogP contribution in [0.4, 0.5) is 0 Å². The molecule has 0 fully saturated rings. The van der Waals surface area contributed by atoms with Gasteiger partial charge in [-0.25, -0.2) is 9.97 Å². The summed E-state index contributed by atoms with van der Waals surface area (Å²) < 4.78 is 0. The highest BCUT2D eigenvalue weighted by Gasteiger charge is 2.14. The minimum Gasteiger partial charge on any atom is -0.263 e. The van der Waals surface area contributed by atoms with E-state index in [0.29, 0.717) is 5.82 Å². The fourth-order valence-corrected chi connectivity index (χ4v) is 7.81. The minimum absolute atomic E-state index is 0.675. The molecule has 2 heterocycles. The number of rotatable bonds is 5. The summed E-state index contributed by atoms with van der Waals surface area (Å²) in [6.45, 7) is 0. The van der Waals surface area contributed by atoms with E-state index in [1.165, 1.54) is 32.8 Å². The molecule has 0 unspecified atom stereocenters. The quantitative estimate of drug-likeness (QED) is 0.167. The van der Waals surface area contributed by atoms with E-state index in [0.717, 1.165) is 74.1 Å². The number of aryl methyl sites for hydroxylation is 1. The Morgan fingerprint density at radius 2 is 1.05 bits per heavy atom. The number of benzene rings is 7. The van der Waals surface area contributed by atoms with Gasteiger partial charge in [-0.05, 0) is 81.1 Å². The Balaban J connectivity index is 1.04.